The molecule has 7 nitrogen and oxygen atoms in total. The largest absolute Gasteiger partial charge is 0.355 e. The van der Waals surface area contributed by atoms with Gasteiger partial charge in [0, 0.05) is 30.1 Å². The van der Waals surface area contributed by atoms with Gasteiger partial charge in [-0.1, -0.05) is 35.5 Å². The van der Waals surface area contributed by atoms with Crippen molar-refractivity contribution < 1.29 is 13.2 Å². The number of thioether (sulfide) groups is 1. The van der Waals surface area contributed by atoms with Gasteiger partial charge in [0.1, 0.15) is 0 Å². The van der Waals surface area contributed by atoms with Crippen LogP contribution in [0.15, 0.2) is 69.7 Å². The monoisotopic (exact) mass is 490 g/mol. The zero-order chi connectivity index (χ0) is 22.9. The Morgan fingerprint density at radius 1 is 1.16 bits per heavy atom. The van der Waals surface area contributed by atoms with Gasteiger partial charge in [-0.25, -0.2) is 13.4 Å². The number of carbonyl (C=O) groups is 1. The fraction of sp³-hybridized carbons (Fsp3) is 0.273. The van der Waals surface area contributed by atoms with Crippen LogP contribution >= 0.6 is 23.4 Å². The zero-order valence-corrected chi connectivity index (χ0v) is 20.0. The predicted molar refractivity (Wildman–Crippen MR) is 129 cm³/mol. The first-order valence-corrected chi connectivity index (χ1v) is 12.9. The van der Waals surface area contributed by atoms with Gasteiger partial charge in [0.2, 0.25) is 0 Å². The number of hydrogen-bond donors (Lipinski definition) is 2. The highest BCUT2D eigenvalue weighted by atomic mass is 35.5. The van der Waals surface area contributed by atoms with Gasteiger partial charge in [-0.05, 0) is 55.3 Å². The Morgan fingerprint density at radius 2 is 1.84 bits per heavy atom. The second kappa shape index (κ2) is 9.17. The van der Waals surface area contributed by atoms with Crippen molar-refractivity contribution in [3.05, 3.63) is 70.4 Å². The van der Waals surface area contributed by atoms with E-state index in [1.807, 2.05) is 19.1 Å². The SMILES string of the molecule is CNC(=O)C1=C(C)N=C2SCCCN2C1c1ccc(NS(=O)(=O)c2ccc(Cl)cc2)cc1. The van der Waals surface area contributed by atoms with Gasteiger partial charge >= 0.3 is 0 Å². The first-order chi connectivity index (χ1) is 15.3. The van der Waals surface area contributed by atoms with Crippen molar-refractivity contribution in [1.82, 2.24) is 10.2 Å². The topological polar surface area (TPSA) is 90.9 Å². The van der Waals surface area contributed by atoms with Crippen molar-refractivity contribution >= 4 is 50.1 Å². The van der Waals surface area contributed by atoms with Gasteiger partial charge in [-0.2, -0.15) is 0 Å². The Kier molecular flexibility index (Phi) is 6.50. The lowest BCUT2D eigenvalue weighted by atomic mass is 9.93. The van der Waals surface area contributed by atoms with Crippen LogP contribution in [0.3, 0.4) is 0 Å². The standard InChI is InChI=1S/C22H23ClN4O3S2/c1-14-19(21(28)24-2)20(27-12-3-13-31-22(27)25-14)15-4-8-17(9-5-15)26-32(29,30)18-10-6-16(23)7-11-18/h4-11,20,26H,3,12-13H2,1-2H3,(H,24,28). The lowest BCUT2D eigenvalue weighted by Crippen LogP contribution is -2.43. The minimum Gasteiger partial charge on any atom is -0.355 e. The molecule has 0 spiro atoms. The summed E-state index contributed by atoms with van der Waals surface area (Å²) in [6, 6.07) is 12.8. The molecule has 0 radical (unpaired) electrons. The molecule has 2 aliphatic heterocycles. The molecule has 0 aliphatic carbocycles. The average molecular weight is 491 g/mol. The number of allylic oxidation sites excluding steroid dienone is 1. The van der Waals surface area contributed by atoms with Crippen molar-refractivity contribution in [2.45, 2.75) is 24.3 Å². The number of benzene rings is 2. The summed E-state index contributed by atoms with van der Waals surface area (Å²) in [5.41, 5.74) is 2.63. The van der Waals surface area contributed by atoms with Crippen LogP contribution in [0, 0.1) is 0 Å². The van der Waals surface area contributed by atoms with E-state index in [1.165, 1.54) is 24.3 Å². The van der Waals surface area contributed by atoms with E-state index in [4.69, 9.17) is 11.6 Å². The maximum absolute atomic E-state index is 12.7. The molecule has 0 aromatic heterocycles. The summed E-state index contributed by atoms with van der Waals surface area (Å²) in [5, 5.41) is 4.11. The Bertz CT molecular complexity index is 1190. The van der Waals surface area contributed by atoms with Crippen molar-refractivity contribution in [1.29, 1.82) is 0 Å². The predicted octanol–water partition coefficient (Wildman–Crippen LogP) is 4.01. The molecular weight excluding hydrogens is 468 g/mol. The summed E-state index contributed by atoms with van der Waals surface area (Å²) in [4.78, 5) is 19.6. The Labute approximate surface area is 197 Å². The molecule has 1 saturated heterocycles. The third kappa shape index (κ3) is 4.51. The minimum atomic E-state index is -3.74. The lowest BCUT2D eigenvalue weighted by molar-refractivity contribution is -0.117. The number of nitrogens with one attached hydrogen (secondary N) is 2. The molecule has 10 heteroatoms. The molecule has 2 aliphatic rings. The quantitative estimate of drug-likeness (QED) is 0.660. The number of sulfonamides is 1. The molecular formula is C22H23ClN4O3S2. The van der Waals surface area contributed by atoms with Crippen LogP contribution in [0.1, 0.15) is 24.9 Å². The molecule has 2 aromatic rings. The lowest BCUT2D eigenvalue weighted by Gasteiger charge is -2.40. The molecule has 0 saturated carbocycles. The number of rotatable bonds is 5. The van der Waals surface area contributed by atoms with E-state index in [0.717, 1.165) is 29.4 Å². The van der Waals surface area contributed by atoms with Crippen molar-refractivity contribution in [2.24, 2.45) is 4.99 Å². The molecule has 1 fully saturated rings. The van der Waals surface area contributed by atoms with E-state index in [-0.39, 0.29) is 16.8 Å². The Morgan fingerprint density at radius 3 is 2.50 bits per heavy atom. The molecule has 2 N–H and O–H groups in total. The highest BCUT2D eigenvalue weighted by Gasteiger charge is 2.36. The number of aliphatic imine (C=N–C) groups is 1. The van der Waals surface area contributed by atoms with E-state index >= 15 is 0 Å². The number of anilines is 1. The third-order valence-corrected chi connectivity index (χ3v) is 8.06. The second-order valence-electron chi connectivity index (χ2n) is 7.45. The van der Waals surface area contributed by atoms with Gasteiger partial charge in [0.05, 0.1) is 22.2 Å². The highest BCUT2D eigenvalue weighted by Crippen LogP contribution is 2.39. The third-order valence-electron chi connectivity index (χ3n) is 5.33. The molecule has 1 amide bonds. The fourth-order valence-corrected chi connectivity index (χ4v) is 6.01. The maximum atomic E-state index is 12.7. The second-order valence-corrected chi connectivity index (χ2v) is 10.6. The van der Waals surface area contributed by atoms with Gasteiger partial charge in [0.15, 0.2) is 5.17 Å². The van der Waals surface area contributed by atoms with Crippen LogP contribution in [0.5, 0.6) is 0 Å². The summed E-state index contributed by atoms with van der Waals surface area (Å²) in [6.45, 7) is 2.65. The van der Waals surface area contributed by atoms with E-state index in [2.05, 4.69) is 19.9 Å². The number of halogens is 1. The summed E-state index contributed by atoms with van der Waals surface area (Å²) in [6.07, 6.45) is 0.999. The maximum Gasteiger partial charge on any atom is 0.261 e. The first kappa shape index (κ1) is 22.7. The Balaban J connectivity index is 1.64. The molecule has 1 unspecified atom stereocenters. The van der Waals surface area contributed by atoms with E-state index in [0.29, 0.717) is 22.0 Å². The normalized spacial score (nSPS) is 18.7. The number of nitrogens with zero attached hydrogens (tertiary/aromatic N) is 2. The molecule has 2 heterocycles. The number of amidine groups is 1. The smallest absolute Gasteiger partial charge is 0.261 e. The zero-order valence-electron chi connectivity index (χ0n) is 17.6. The van der Waals surface area contributed by atoms with Crippen LogP contribution in [0.25, 0.3) is 0 Å². The Hall–Kier alpha value is -2.49. The van der Waals surface area contributed by atoms with Gasteiger partial charge in [0.25, 0.3) is 15.9 Å². The number of carbonyl (C=O) groups excluding carboxylic acids is 1. The summed E-state index contributed by atoms with van der Waals surface area (Å²) >= 11 is 7.54. The number of amides is 1. The molecule has 0 bridgehead atoms. The van der Waals surface area contributed by atoms with E-state index in [9.17, 15) is 13.2 Å². The number of likely N-dealkylation sites (N-methyl/N-ethyl adjacent to an activating group) is 1. The van der Waals surface area contributed by atoms with Crippen LogP contribution < -0.4 is 10.0 Å². The van der Waals surface area contributed by atoms with Gasteiger partial charge in [-0.3, -0.25) is 9.52 Å². The highest BCUT2D eigenvalue weighted by molar-refractivity contribution is 8.13. The molecule has 168 valence electrons. The van der Waals surface area contributed by atoms with Crippen LogP contribution in [0.4, 0.5) is 5.69 Å². The van der Waals surface area contributed by atoms with Crippen molar-refractivity contribution in [3.8, 4) is 0 Å². The van der Waals surface area contributed by atoms with Crippen LogP contribution in [-0.2, 0) is 14.8 Å². The van der Waals surface area contributed by atoms with Crippen molar-refractivity contribution in [3.63, 3.8) is 0 Å². The molecule has 2 aromatic carbocycles. The summed E-state index contributed by atoms with van der Waals surface area (Å²) in [7, 11) is -2.13. The molecule has 32 heavy (non-hydrogen) atoms. The number of fused-ring (bicyclic) bond motifs is 1. The van der Waals surface area contributed by atoms with Gasteiger partial charge in [-0.15, -0.1) is 0 Å². The first-order valence-electron chi connectivity index (χ1n) is 10.1. The van der Waals surface area contributed by atoms with Crippen LogP contribution in [-0.4, -0.2) is 43.7 Å². The average Bonchev–Trinajstić information content (AvgIpc) is 2.78. The molecule has 1 atom stereocenters. The fourth-order valence-electron chi connectivity index (χ4n) is 3.80. The summed E-state index contributed by atoms with van der Waals surface area (Å²) < 4.78 is 27.9. The minimum absolute atomic E-state index is 0.130. The van der Waals surface area contributed by atoms with Gasteiger partial charge < -0.3 is 10.2 Å². The summed E-state index contributed by atoms with van der Waals surface area (Å²) in [5.74, 6) is 0.828. The van der Waals surface area contributed by atoms with Crippen LogP contribution in [0.2, 0.25) is 5.02 Å². The van der Waals surface area contributed by atoms with Crippen molar-refractivity contribution in [2.75, 3.05) is 24.1 Å². The number of hydrogen-bond acceptors (Lipinski definition) is 6. The van der Waals surface area contributed by atoms with E-state index in [1.54, 1.807) is 30.9 Å². The van der Waals surface area contributed by atoms with E-state index < -0.39 is 10.0 Å². The molecule has 4 rings (SSSR count).